The van der Waals surface area contributed by atoms with Gasteiger partial charge in [0.15, 0.2) is 0 Å². The predicted molar refractivity (Wildman–Crippen MR) is 104 cm³/mol. The minimum Gasteiger partial charge on any atom is -0.258 e. The Hall–Kier alpha value is -2.23. The standard InChI is InChI=1S/C22H28FNO2/c1-5-21(6-2,17-9-13-19(23)14-10-17)22(7-3,8-4)18-11-15-20(16-12-18)24(25)26/h9-16H,5-8H2,1-4H3. The zero-order valence-corrected chi connectivity index (χ0v) is 16.1. The molecular formula is C22H28FNO2. The molecule has 0 saturated carbocycles. The van der Waals surface area contributed by atoms with Gasteiger partial charge in [0, 0.05) is 23.0 Å². The normalized spacial score (nSPS) is 12.2. The molecule has 0 heterocycles. The summed E-state index contributed by atoms with van der Waals surface area (Å²) in [5.41, 5.74) is 2.01. The molecule has 2 aromatic rings. The molecule has 0 unspecified atom stereocenters. The van der Waals surface area contributed by atoms with Crippen molar-refractivity contribution in [3.63, 3.8) is 0 Å². The molecule has 2 aromatic carbocycles. The molecule has 0 amide bonds. The van der Waals surface area contributed by atoms with Crippen LogP contribution < -0.4 is 0 Å². The highest BCUT2D eigenvalue weighted by atomic mass is 19.1. The first-order valence-electron chi connectivity index (χ1n) is 9.41. The molecule has 0 radical (unpaired) electrons. The molecule has 0 N–H and O–H groups in total. The van der Waals surface area contributed by atoms with Gasteiger partial charge in [-0.15, -0.1) is 0 Å². The summed E-state index contributed by atoms with van der Waals surface area (Å²) in [7, 11) is 0. The first-order chi connectivity index (χ1) is 12.4. The lowest BCUT2D eigenvalue weighted by Crippen LogP contribution is -2.48. The van der Waals surface area contributed by atoms with E-state index in [9.17, 15) is 14.5 Å². The summed E-state index contributed by atoms with van der Waals surface area (Å²) in [5, 5.41) is 11.0. The van der Waals surface area contributed by atoms with Gasteiger partial charge >= 0.3 is 0 Å². The van der Waals surface area contributed by atoms with Crippen LogP contribution in [0.25, 0.3) is 0 Å². The number of halogens is 1. The van der Waals surface area contributed by atoms with Crippen LogP contribution in [0.15, 0.2) is 48.5 Å². The molecule has 26 heavy (non-hydrogen) atoms. The fourth-order valence-corrected chi connectivity index (χ4v) is 4.89. The maximum absolute atomic E-state index is 13.5. The Morgan fingerprint density at radius 1 is 0.769 bits per heavy atom. The number of benzene rings is 2. The first-order valence-corrected chi connectivity index (χ1v) is 9.41. The molecular weight excluding hydrogens is 329 g/mol. The SMILES string of the molecule is CCC(CC)(c1ccc(F)cc1)C(CC)(CC)c1ccc([N+](=O)[O-])cc1. The van der Waals surface area contributed by atoms with E-state index in [0.29, 0.717) is 0 Å². The zero-order chi connectivity index (χ0) is 19.4. The summed E-state index contributed by atoms with van der Waals surface area (Å²) in [6.45, 7) is 8.71. The number of nitro benzene ring substituents is 1. The second-order valence-electron chi connectivity index (χ2n) is 6.89. The number of rotatable bonds is 8. The van der Waals surface area contributed by atoms with Crippen molar-refractivity contribution in [2.24, 2.45) is 0 Å². The van der Waals surface area contributed by atoms with Crippen molar-refractivity contribution < 1.29 is 9.31 Å². The number of hydrogen-bond donors (Lipinski definition) is 0. The molecule has 0 aliphatic carbocycles. The van der Waals surface area contributed by atoms with E-state index in [2.05, 4.69) is 27.7 Å². The summed E-state index contributed by atoms with van der Waals surface area (Å²) in [5.74, 6) is -0.233. The Morgan fingerprint density at radius 3 is 1.42 bits per heavy atom. The van der Waals surface area contributed by atoms with Crippen molar-refractivity contribution in [2.75, 3.05) is 0 Å². The van der Waals surface area contributed by atoms with Crippen molar-refractivity contribution in [1.82, 2.24) is 0 Å². The van der Waals surface area contributed by atoms with Crippen LogP contribution in [0.2, 0.25) is 0 Å². The quantitative estimate of drug-likeness (QED) is 0.397. The van der Waals surface area contributed by atoms with Gasteiger partial charge in [-0.1, -0.05) is 52.0 Å². The third kappa shape index (κ3) is 3.13. The highest BCUT2D eigenvalue weighted by molar-refractivity contribution is 5.42. The van der Waals surface area contributed by atoms with Crippen LogP contribution in [0.5, 0.6) is 0 Å². The van der Waals surface area contributed by atoms with Crippen LogP contribution in [0.3, 0.4) is 0 Å². The van der Waals surface area contributed by atoms with Gasteiger partial charge in [-0.2, -0.15) is 0 Å². The van der Waals surface area contributed by atoms with Crippen LogP contribution >= 0.6 is 0 Å². The van der Waals surface area contributed by atoms with E-state index in [1.807, 2.05) is 24.3 Å². The molecule has 0 saturated heterocycles. The van der Waals surface area contributed by atoms with Crippen LogP contribution in [0.1, 0.15) is 64.5 Å². The monoisotopic (exact) mass is 357 g/mol. The molecule has 0 atom stereocenters. The summed E-state index contributed by atoms with van der Waals surface area (Å²) in [6, 6.07) is 13.8. The predicted octanol–water partition coefficient (Wildman–Crippen LogP) is 6.55. The van der Waals surface area contributed by atoms with Gasteiger partial charge in [0.25, 0.3) is 5.69 Å². The number of hydrogen-bond acceptors (Lipinski definition) is 2. The van der Waals surface area contributed by atoms with Gasteiger partial charge in [0.1, 0.15) is 5.82 Å². The van der Waals surface area contributed by atoms with Gasteiger partial charge < -0.3 is 0 Å². The molecule has 2 rings (SSSR count). The van der Waals surface area contributed by atoms with Gasteiger partial charge in [0.2, 0.25) is 0 Å². The van der Waals surface area contributed by atoms with Crippen LogP contribution in [-0.4, -0.2) is 4.92 Å². The average molecular weight is 357 g/mol. The van der Waals surface area contributed by atoms with E-state index in [0.717, 1.165) is 36.8 Å². The summed E-state index contributed by atoms with van der Waals surface area (Å²) in [6.07, 6.45) is 3.63. The van der Waals surface area contributed by atoms with E-state index in [1.54, 1.807) is 12.1 Å². The lowest BCUT2D eigenvalue weighted by molar-refractivity contribution is -0.384. The summed E-state index contributed by atoms with van der Waals surface area (Å²) >= 11 is 0. The largest absolute Gasteiger partial charge is 0.269 e. The highest BCUT2D eigenvalue weighted by Gasteiger charge is 2.48. The smallest absolute Gasteiger partial charge is 0.258 e. The van der Waals surface area contributed by atoms with Crippen LogP contribution in [-0.2, 0) is 10.8 Å². The number of nitro groups is 1. The molecule has 140 valence electrons. The van der Waals surface area contributed by atoms with Gasteiger partial charge in [-0.05, 0) is 48.9 Å². The molecule has 4 heteroatoms. The molecule has 0 fully saturated rings. The molecule has 0 bridgehead atoms. The zero-order valence-electron chi connectivity index (χ0n) is 16.1. The average Bonchev–Trinajstić information content (AvgIpc) is 2.67. The molecule has 3 nitrogen and oxygen atoms in total. The van der Waals surface area contributed by atoms with Crippen LogP contribution in [0.4, 0.5) is 10.1 Å². The minimum atomic E-state index is -0.365. The Morgan fingerprint density at radius 2 is 1.12 bits per heavy atom. The molecule has 0 aliphatic rings. The Balaban J connectivity index is 2.69. The topological polar surface area (TPSA) is 43.1 Å². The summed E-state index contributed by atoms with van der Waals surface area (Å²) < 4.78 is 13.5. The van der Waals surface area contributed by atoms with Crippen LogP contribution in [0, 0.1) is 15.9 Å². The van der Waals surface area contributed by atoms with Gasteiger partial charge in [0.05, 0.1) is 4.92 Å². The first kappa shape index (κ1) is 20.1. The molecule has 0 aromatic heterocycles. The summed E-state index contributed by atoms with van der Waals surface area (Å²) in [4.78, 5) is 10.7. The Labute approximate surface area is 155 Å². The lowest BCUT2D eigenvalue weighted by atomic mass is 9.52. The number of nitrogens with zero attached hydrogens (tertiary/aromatic N) is 1. The number of non-ortho nitro benzene ring substituents is 1. The second kappa shape index (κ2) is 7.98. The van der Waals surface area contributed by atoms with E-state index in [4.69, 9.17) is 0 Å². The van der Waals surface area contributed by atoms with Crippen molar-refractivity contribution in [1.29, 1.82) is 0 Å². The van der Waals surface area contributed by atoms with E-state index in [1.165, 1.54) is 12.1 Å². The molecule has 0 spiro atoms. The van der Waals surface area contributed by atoms with E-state index in [-0.39, 0.29) is 27.3 Å². The second-order valence-corrected chi connectivity index (χ2v) is 6.89. The maximum Gasteiger partial charge on any atom is 0.269 e. The fraction of sp³-hybridized carbons (Fsp3) is 0.455. The van der Waals surface area contributed by atoms with E-state index >= 15 is 0 Å². The Kier molecular flexibility index (Phi) is 6.17. The fourth-order valence-electron chi connectivity index (χ4n) is 4.89. The third-order valence-electron chi connectivity index (χ3n) is 6.36. The van der Waals surface area contributed by atoms with Gasteiger partial charge in [-0.3, -0.25) is 10.1 Å². The Bertz CT molecular complexity index is 730. The highest BCUT2D eigenvalue weighted by Crippen LogP contribution is 2.53. The van der Waals surface area contributed by atoms with Crippen molar-refractivity contribution in [2.45, 2.75) is 64.2 Å². The maximum atomic E-state index is 13.5. The van der Waals surface area contributed by atoms with E-state index < -0.39 is 0 Å². The minimum absolute atomic E-state index is 0.107. The molecule has 0 aliphatic heterocycles. The lowest BCUT2D eigenvalue weighted by Gasteiger charge is -2.51. The van der Waals surface area contributed by atoms with Crippen molar-refractivity contribution in [3.05, 3.63) is 75.6 Å². The van der Waals surface area contributed by atoms with Gasteiger partial charge in [-0.25, -0.2) is 4.39 Å². The third-order valence-corrected chi connectivity index (χ3v) is 6.36. The van der Waals surface area contributed by atoms with Crippen molar-refractivity contribution in [3.8, 4) is 0 Å². The van der Waals surface area contributed by atoms with Crippen molar-refractivity contribution >= 4 is 5.69 Å².